The summed E-state index contributed by atoms with van der Waals surface area (Å²) in [4.78, 5) is 106. The molecule has 0 unspecified atom stereocenters. The van der Waals surface area contributed by atoms with Crippen molar-refractivity contribution in [1.29, 1.82) is 0 Å². The van der Waals surface area contributed by atoms with Crippen molar-refractivity contribution in [1.82, 2.24) is 0 Å². The number of ether oxygens (including phenoxy) is 7. The van der Waals surface area contributed by atoms with Crippen LogP contribution in [0.1, 0.15) is 68.5 Å². The van der Waals surface area contributed by atoms with Crippen molar-refractivity contribution in [2.75, 3.05) is 84.7 Å². The van der Waals surface area contributed by atoms with Gasteiger partial charge in [-0.15, -0.1) is 45.3 Å². The molecule has 0 aliphatic carbocycles. The van der Waals surface area contributed by atoms with Gasteiger partial charge in [0.1, 0.15) is 45.3 Å². The summed E-state index contributed by atoms with van der Waals surface area (Å²) in [5.74, 6) is -1.40. The van der Waals surface area contributed by atoms with Crippen LogP contribution in [0.15, 0.2) is 182 Å². The van der Waals surface area contributed by atoms with Crippen LogP contribution in [-0.2, 0) is 33.8 Å². The number of nitrogen functional groups attached to an aromatic ring is 1. The van der Waals surface area contributed by atoms with Crippen molar-refractivity contribution in [2.24, 2.45) is 0 Å². The van der Waals surface area contributed by atoms with Crippen molar-refractivity contribution in [3.63, 3.8) is 0 Å². The lowest BCUT2D eigenvalue weighted by atomic mass is 10.2. The van der Waals surface area contributed by atoms with Crippen molar-refractivity contribution in [3.8, 4) is 23.0 Å². The van der Waals surface area contributed by atoms with E-state index in [-0.39, 0.29) is 27.8 Å². The standard InChI is InChI=1S/C18H17NO5S.2C17H15NO5S.C9H7NO4S.C8H8O3/c1-19(10-11-5-4-6-12(7-11)22-2)16-9-14-15(25-16)8-13(17(20)23-3)18(21)24-14;1-21-11-5-3-4-10(6-11)9-18-15-8-13-14(24-15)7-12(16(19)22-2)17(20)23-13;1-18(9-10-4-3-5-11(6-10)22-2)15-8-13-14(24-15)7-12(16(19)20)17(21)23-13;1-13-8(11)4-2-6-5(14-9(4)12)3-7(10)15-6;1-11-7-4-2-3-6(5-7)8(9)10/h4-9H,10H2,1-3H3;3-8,18H,9H2,1-2H3;3-8H,9H2,1-2H3,(H,19,20);2-3H,10H2,1H3;2-5H,1H3,(H,9,10). The van der Waals surface area contributed by atoms with E-state index in [4.69, 9.17) is 52.6 Å². The number of nitrogens with zero attached hydrogens (tertiary/aromatic N) is 2. The van der Waals surface area contributed by atoms with Gasteiger partial charge in [-0.3, -0.25) is 0 Å². The first-order chi connectivity index (χ1) is 47.4. The molecule has 0 aliphatic rings. The van der Waals surface area contributed by atoms with Crippen LogP contribution < -0.4 is 62.3 Å². The van der Waals surface area contributed by atoms with Crippen LogP contribution in [0.5, 0.6) is 23.0 Å². The summed E-state index contributed by atoms with van der Waals surface area (Å²) in [6.45, 7) is 1.90. The monoisotopic (exact) mass is 1430 g/mol. The Morgan fingerprint density at radius 2 is 0.778 bits per heavy atom. The third-order valence-corrected chi connectivity index (χ3v) is 18.2. The summed E-state index contributed by atoms with van der Waals surface area (Å²) >= 11 is 5.45. The first kappa shape index (κ1) is 73.1. The molecule has 8 aromatic heterocycles. The lowest BCUT2D eigenvalue weighted by Crippen LogP contribution is -2.14. The maximum atomic E-state index is 11.9. The molecule has 0 saturated heterocycles. The van der Waals surface area contributed by atoms with E-state index in [1.165, 1.54) is 110 Å². The Kier molecular flexibility index (Phi) is 24.9. The van der Waals surface area contributed by atoms with E-state index in [1.54, 1.807) is 57.7 Å². The minimum absolute atomic E-state index is 0.0983. The summed E-state index contributed by atoms with van der Waals surface area (Å²) in [6.07, 6.45) is 0. The zero-order chi connectivity index (χ0) is 71.6. The summed E-state index contributed by atoms with van der Waals surface area (Å²) in [5.41, 5.74) is 7.04. The van der Waals surface area contributed by atoms with Crippen LogP contribution in [0.2, 0.25) is 0 Å². The van der Waals surface area contributed by atoms with Gasteiger partial charge in [0.2, 0.25) is 0 Å². The predicted octanol–water partition coefficient (Wildman–Crippen LogP) is 12.4. The molecule has 0 spiro atoms. The van der Waals surface area contributed by atoms with Crippen LogP contribution in [-0.4, -0.2) is 104 Å². The van der Waals surface area contributed by atoms with Gasteiger partial charge in [-0.25, -0.2) is 43.2 Å². The molecule has 0 bridgehead atoms. The normalized spacial score (nSPS) is 10.5. The fourth-order valence-electron chi connectivity index (χ4n) is 8.99. The van der Waals surface area contributed by atoms with Gasteiger partial charge in [0, 0.05) is 58.0 Å². The van der Waals surface area contributed by atoms with E-state index in [9.17, 15) is 43.2 Å². The molecule has 4 aromatic carbocycles. The third kappa shape index (κ3) is 19.1. The number of rotatable bonds is 18. The number of carboxylic acid groups (broad SMARTS) is 2. The van der Waals surface area contributed by atoms with E-state index < -0.39 is 52.3 Å². The number of benzene rings is 4. The molecule has 0 atom stereocenters. The molecular formula is C69H62N4O22S4. The molecule has 0 radical (unpaired) electrons. The Bertz CT molecular complexity index is 5160. The number of fused-ring (bicyclic) bond motifs is 4. The van der Waals surface area contributed by atoms with Gasteiger partial charge in [-0.1, -0.05) is 42.5 Å². The zero-order valence-electron chi connectivity index (χ0n) is 54.1. The highest BCUT2D eigenvalue weighted by atomic mass is 32.1. The van der Waals surface area contributed by atoms with Gasteiger partial charge in [0.05, 0.1) is 94.1 Å². The highest BCUT2D eigenvalue weighted by molar-refractivity contribution is 7.23. The van der Waals surface area contributed by atoms with Crippen LogP contribution in [0.25, 0.3) is 41.1 Å². The van der Waals surface area contributed by atoms with Crippen LogP contribution in [0.3, 0.4) is 0 Å². The molecule has 0 aliphatic heterocycles. The molecule has 0 saturated carbocycles. The Morgan fingerprint density at radius 1 is 0.424 bits per heavy atom. The van der Waals surface area contributed by atoms with Crippen molar-refractivity contribution >= 4 is 136 Å². The number of hydrogen-bond donors (Lipinski definition) is 4. The molecule has 26 nitrogen and oxygen atoms in total. The van der Waals surface area contributed by atoms with Crippen molar-refractivity contribution in [2.45, 2.75) is 19.6 Å². The van der Waals surface area contributed by atoms with Crippen molar-refractivity contribution in [3.05, 3.63) is 232 Å². The van der Waals surface area contributed by atoms with Gasteiger partial charge in [-0.05, 0) is 95.6 Å². The molecular weight excluding hydrogens is 1370 g/mol. The first-order valence-corrected chi connectivity index (χ1v) is 32.2. The van der Waals surface area contributed by atoms with Crippen LogP contribution in [0.4, 0.5) is 20.0 Å². The third-order valence-electron chi connectivity index (χ3n) is 13.9. The predicted molar refractivity (Wildman–Crippen MR) is 377 cm³/mol. The quantitative estimate of drug-likeness (QED) is 0.0458. The number of carbonyl (C=O) groups excluding carboxylic acids is 3. The number of esters is 3. The zero-order valence-corrected chi connectivity index (χ0v) is 57.4. The largest absolute Gasteiger partial charge is 0.497 e. The van der Waals surface area contributed by atoms with Gasteiger partial charge >= 0.3 is 52.3 Å². The molecule has 12 aromatic rings. The Morgan fingerprint density at radius 3 is 1.19 bits per heavy atom. The minimum atomic E-state index is -1.29. The van der Waals surface area contributed by atoms with E-state index in [0.29, 0.717) is 71.5 Å². The minimum Gasteiger partial charge on any atom is -0.497 e. The number of methoxy groups -OCH3 is 7. The average molecular weight is 1430 g/mol. The van der Waals surface area contributed by atoms with Crippen molar-refractivity contribution < 1.29 is 85.0 Å². The number of aromatic carboxylic acids is 2. The fraction of sp³-hybridized carbons (Fsp3) is 0.174. The number of carboxylic acids is 2. The second-order valence-electron chi connectivity index (χ2n) is 20.6. The molecule has 99 heavy (non-hydrogen) atoms. The van der Waals surface area contributed by atoms with E-state index in [2.05, 4.69) is 19.5 Å². The number of anilines is 4. The molecule has 12 rings (SSSR count). The highest BCUT2D eigenvalue weighted by Gasteiger charge is 2.21. The SMILES string of the molecule is COC(=O)c1cc2sc(N(C)Cc3cccc(OC)c3)cc2oc1=O.COC(=O)c1cc2sc(N)cc2oc1=O.COC(=O)c1cc2sc(NCc3cccc(OC)c3)cc2oc1=O.COc1cccc(C(=O)O)c1.COc1cccc(CN(C)c2cc3oc(=O)c(C(=O)O)cc3s2)c1. The first-order valence-electron chi connectivity index (χ1n) is 28.9. The Hall–Kier alpha value is -11.7. The van der Waals surface area contributed by atoms with E-state index in [1.807, 2.05) is 96.7 Å². The lowest BCUT2D eigenvalue weighted by Gasteiger charge is -2.17. The maximum absolute atomic E-state index is 11.9. The summed E-state index contributed by atoms with van der Waals surface area (Å²) < 4.78 is 57.2. The topological polar surface area (TPSA) is 356 Å². The van der Waals surface area contributed by atoms with Gasteiger partial charge < -0.3 is 81.9 Å². The Labute approximate surface area is 577 Å². The molecule has 0 amide bonds. The lowest BCUT2D eigenvalue weighted by molar-refractivity contribution is 0.0587. The smallest absolute Gasteiger partial charge is 0.351 e. The number of hydrogen-bond acceptors (Lipinski definition) is 28. The number of nitrogens with one attached hydrogen (secondary N) is 1. The number of thiophene rings is 4. The molecule has 514 valence electrons. The maximum Gasteiger partial charge on any atom is 0.351 e. The number of nitrogens with two attached hydrogens (primary N) is 1. The van der Waals surface area contributed by atoms with Gasteiger partial charge in [-0.2, -0.15) is 0 Å². The van der Waals surface area contributed by atoms with E-state index in [0.717, 1.165) is 48.9 Å². The second kappa shape index (κ2) is 33.8. The van der Waals surface area contributed by atoms with Gasteiger partial charge in [0.15, 0.2) is 22.3 Å². The highest BCUT2D eigenvalue weighted by Crippen LogP contribution is 2.35. The molecule has 8 heterocycles. The molecule has 30 heteroatoms. The van der Waals surface area contributed by atoms with E-state index >= 15 is 0 Å². The molecule has 0 fully saturated rings. The summed E-state index contributed by atoms with van der Waals surface area (Å²) in [5, 5.41) is 24.0. The van der Waals surface area contributed by atoms with Crippen LogP contribution >= 0.6 is 45.3 Å². The van der Waals surface area contributed by atoms with Gasteiger partial charge in [0.25, 0.3) is 0 Å². The summed E-state index contributed by atoms with van der Waals surface area (Å²) in [7, 11) is 13.9. The summed E-state index contributed by atoms with van der Waals surface area (Å²) in [6, 6.07) is 42.2. The fourth-order valence-corrected chi connectivity index (χ4v) is 12.7. The van der Waals surface area contributed by atoms with Crippen LogP contribution in [0, 0.1) is 0 Å². The molecule has 5 N–H and O–H groups in total. The second-order valence-corrected chi connectivity index (χ2v) is 24.9. The average Bonchev–Trinajstić information content (AvgIpc) is 1.69. The Balaban J connectivity index is 0.000000162. The number of carbonyl (C=O) groups is 5.